The summed E-state index contributed by atoms with van der Waals surface area (Å²) in [6, 6.07) is 5.43. The van der Waals surface area contributed by atoms with Crippen LogP contribution in [0.3, 0.4) is 0 Å². The number of benzene rings is 1. The molecule has 0 fully saturated rings. The van der Waals surface area contributed by atoms with E-state index in [9.17, 15) is 14.4 Å². The SMILES string of the molecule is COc1ccc(C(=O)N2CCc3c(sc4c3C(=O)N(C)CC(=O)N4C)C2)c(C)c1. The van der Waals surface area contributed by atoms with E-state index < -0.39 is 0 Å². The molecule has 0 atom stereocenters. The summed E-state index contributed by atoms with van der Waals surface area (Å²) in [5, 5.41) is 0.685. The fourth-order valence-corrected chi connectivity index (χ4v) is 5.21. The number of amides is 3. The summed E-state index contributed by atoms with van der Waals surface area (Å²) in [6.07, 6.45) is 0.601. The zero-order valence-electron chi connectivity index (χ0n) is 16.9. The minimum Gasteiger partial charge on any atom is -0.497 e. The third-order valence-corrected chi connectivity index (χ3v) is 6.89. The number of likely N-dealkylation sites (N-methyl/N-ethyl adjacent to an activating group) is 2. The molecule has 29 heavy (non-hydrogen) atoms. The van der Waals surface area contributed by atoms with E-state index >= 15 is 0 Å². The predicted molar refractivity (Wildman–Crippen MR) is 111 cm³/mol. The molecule has 152 valence electrons. The van der Waals surface area contributed by atoms with E-state index in [1.807, 2.05) is 17.9 Å². The van der Waals surface area contributed by atoms with Gasteiger partial charge >= 0.3 is 0 Å². The van der Waals surface area contributed by atoms with Gasteiger partial charge in [-0.15, -0.1) is 11.3 Å². The average Bonchev–Trinajstić information content (AvgIpc) is 3.07. The first-order valence-electron chi connectivity index (χ1n) is 9.42. The van der Waals surface area contributed by atoms with Crippen molar-refractivity contribution in [1.82, 2.24) is 9.80 Å². The second-order valence-corrected chi connectivity index (χ2v) is 8.54. The fourth-order valence-electron chi connectivity index (χ4n) is 3.88. The predicted octanol–water partition coefficient (Wildman–Crippen LogP) is 2.31. The number of fused-ring (bicyclic) bond motifs is 3. The second-order valence-electron chi connectivity index (χ2n) is 7.46. The number of hydrogen-bond acceptors (Lipinski definition) is 5. The van der Waals surface area contributed by atoms with Gasteiger partial charge in [-0.1, -0.05) is 0 Å². The Labute approximate surface area is 173 Å². The molecule has 0 spiro atoms. The Morgan fingerprint density at radius 3 is 2.62 bits per heavy atom. The Balaban J connectivity index is 1.66. The average molecular weight is 413 g/mol. The van der Waals surface area contributed by atoms with Crippen LogP contribution < -0.4 is 9.64 Å². The van der Waals surface area contributed by atoms with Gasteiger partial charge in [0.2, 0.25) is 5.91 Å². The van der Waals surface area contributed by atoms with Crippen molar-refractivity contribution in [2.24, 2.45) is 0 Å². The number of ether oxygens (including phenoxy) is 1. The molecule has 0 saturated heterocycles. The van der Waals surface area contributed by atoms with Gasteiger partial charge in [0.25, 0.3) is 11.8 Å². The van der Waals surface area contributed by atoms with Crippen LogP contribution in [0.2, 0.25) is 0 Å². The molecular formula is C21H23N3O4S. The first-order chi connectivity index (χ1) is 13.8. The van der Waals surface area contributed by atoms with Gasteiger partial charge in [0.05, 0.1) is 19.2 Å². The summed E-state index contributed by atoms with van der Waals surface area (Å²) in [5.74, 6) is 0.450. The van der Waals surface area contributed by atoms with Crippen LogP contribution in [0.15, 0.2) is 18.2 Å². The summed E-state index contributed by atoms with van der Waals surface area (Å²) in [4.78, 5) is 44.2. The van der Waals surface area contributed by atoms with Crippen LogP contribution in [0.25, 0.3) is 0 Å². The summed E-state index contributed by atoms with van der Waals surface area (Å²) in [5.41, 5.74) is 3.10. The Morgan fingerprint density at radius 2 is 1.93 bits per heavy atom. The van der Waals surface area contributed by atoms with E-state index in [1.165, 1.54) is 16.2 Å². The van der Waals surface area contributed by atoms with E-state index in [4.69, 9.17) is 4.74 Å². The molecule has 1 aromatic heterocycles. The van der Waals surface area contributed by atoms with Crippen LogP contribution in [-0.4, -0.2) is 61.8 Å². The van der Waals surface area contributed by atoms with Crippen LogP contribution >= 0.6 is 11.3 Å². The molecule has 2 aromatic rings. The lowest BCUT2D eigenvalue weighted by atomic mass is 10.0. The fraction of sp³-hybridized carbons (Fsp3) is 0.381. The zero-order chi connectivity index (χ0) is 20.9. The molecule has 3 amide bonds. The molecule has 0 saturated carbocycles. The van der Waals surface area contributed by atoms with Crippen molar-refractivity contribution in [1.29, 1.82) is 0 Å². The van der Waals surface area contributed by atoms with E-state index in [0.717, 1.165) is 21.8 Å². The molecule has 0 aliphatic carbocycles. The maximum atomic E-state index is 13.1. The number of anilines is 1. The molecule has 0 unspecified atom stereocenters. The molecule has 3 heterocycles. The number of methoxy groups -OCH3 is 1. The lowest BCUT2D eigenvalue weighted by molar-refractivity contribution is -0.118. The van der Waals surface area contributed by atoms with Gasteiger partial charge in [0, 0.05) is 31.1 Å². The van der Waals surface area contributed by atoms with Crippen LogP contribution in [-0.2, 0) is 17.8 Å². The summed E-state index contributed by atoms with van der Waals surface area (Å²) >= 11 is 1.44. The van der Waals surface area contributed by atoms with Gasteiger partial charge in [-0.2, -0.15) is 0 Å². The van der Waals surface area contributed by atoms with Crippen molar-refractivity contribution in [3.63, 3.8) is 0 Å². The molecule has 7 nitrogen and oxygen atoms in total. The molecule has 1 aromatic carbocycles. The van der Waals surface area contributed by atoms with Gasteiger partial charge in [-0.05, 0) is 42.7 Å². The van der Waals surface area contributed by atoms with Crippen molar-refractivity contribution in [3.05, 3.63) is 45.3 Å². The quantitative estimate of drug-likeness (QED) is 0.758. The van der Waals surface area contributed by atoms with Crippen LogP contribution in [0, 0.1) is 6.92 Å². The Bertz CT molecular complexity index is 1030. The molecule has 0 bridgehead atoms. The molecule has 2 aliphatic heterocycles. The molecule has 2 aliphatic rings. The molecule has 4 rings (SSSR count). The largest absolute Gasteiger partial charge is 0.497 e. The third-order valence-electron chi connectivity index (χ3n) is 5.60. The Morgan fingerprint density at radius 1 is 1.17 bits per heavy atom. The Hall–Kier alpha value is -2.87. The van der Waals surface area contributed by atoms with Gasteiger partial charge in [0.15, 0.2) is 0 Å². The number of hydrogen-bond donors (Lipinski definition) is 0. The highest BCUT2D eigenvalue weighted by molar-refractivity contribution is 7.17. The van der Waals surface area contributed by atoms with E-state index in [1.54, 1.807) is 38.2 Å². The van der Waals surface area contributed by atoms with Crippen molar-refractivity contribution < 1.29 is 19.1 Å². The smallest absolute Gasteiger partial charge is 0.257 e. The van der Waals surface area contributed by atoms with Crippen molar-refractivity contribution >= 4 is 34.1 Å². The van der Waals surface area contributed by atoms with Gasteiger partial charge < -0.3 is 19.4 Å². The van der Waals surface area contributed by atoms with E-state index in [-0.39, 0.29) is 24.3 Å². The summed E-state index contributed by atoms with van der Waals surface area (Å²) in [6.45, 7) is 2.95. The zero-order valence-corrected chi connectivity index (χ0v) is 17.8. The highest BCUT2D eigenvalue weighted by Gasteiger charge is 2.36. The summed E-state index contributed by atoms with van der Waals surface area (Å²) in [7, 11) is 4.96. The van der Waals surface area contributed by atoms with Crippen LogP contribution in [0.5, 0.6) is 5.75 Å². The third kappa shape index (κ3) is 3.17. The van der Waals surface area contributed by atoms with E-state index in [2.05, 4.69) is 0 Å². The molecule has 8 heteroatoms. The minimum atomic E-state index is -0.124. The van der Waals surface area contributed by atoms with Crippen LogP contribution in [0.1, 0.15) is 36.7 Å². The van der Waals surface area contributed by atoms with Gasteiger partial charge in [-0.25, -0.2) is 0 Å². The number of rotatable bonds is 2. The number of aryl methyl sites for hydroxylation is 1. The summed E-state index contributed by atoms with van der Waals surface area (Å²) < 4.78 is 5.22. The first-order valence-corrected chi connectivity index (χ1v) is 10.2. The number of thiophene rings is 1. The lowest BCUT2D eigenvalue weighted by Crippen LogP contribution is -2.37. The molecule has 0 N–H and O–H groups in total. The lowest BCUT2D eigenvalue weighted by Gasteiger charge is -2.28. The van der Waals surface area contributed by atoms with Crippen molar-refractivity contribution in [3.8, 4) is 5.75 Å². The standard InChI is InChI=1S/C21H23N3O4S/c1-12-9-13(28-4)5-6-14(12)19(26)24-8-7-15-16(10-24)29-21-18(15)20(27)22(2)11-17(25)23(21)3/h5-6,9H,7-8,10-11H2,1-4H3. The number of nitrogens with zero attached hydrogens (tertiary/aromatic N) is 3. The van der Waals surface area contributed by atoms with Crippen molar-refractivity contribution in [2.45, 2.75) is 19.9 Å². The van der Waals surface area contributed by atoms with Gasteiger partial charge in [-0.3, -0.25) is 14.4 Å². The highest BCUT2D eigenvalue weighted by Crippen LogP contribution is 2.41. The normalized spacial score (nSPS) is 16.5. The number of carbonyl (C=O) groups is 3. The van der Waals surface area contributed by atoms with E-state index in [0.29, 0.717) is 35.6 Å². The molecular weight excluding hydrogens is 390 g/mol. The molecule has 0 radical (unpaired) electrons. The van der Waals surface area contributed by atoms with Crippen molar-refractivity contribution in [2.75, 3.05) is 39.2 Å². The second kappa shape index (κ2) is 7.18. The monoisotopic (exact) mass is 413 g/mol. The maximum absolute atomic E-state index is 13.1. The maximum Gasteiger partial charge on any atom is 0.257 e. The highest BCUT2D eigenvalue weighted by atomic mass is 32.1. The minimum absolute atomic E-state index is 0.0349. The Kier molecular flexibility index (Phi) is 4.82. The number of carbonyl (C=O) groups excluding carboxylic acids is 3. The van der Waals surface area contributed by atoms with Gasteiger partial charge in [0.1, 0.15) is 17.3 Å². The first kappa shape index (κ1) is 19.4. The topological polar surface area (TPSA) is 70.2 Å². The van der Waals surface area contributed by atoms with Crippen LogP contribution in [0.4, 0.5) is 5.00 Å².